The van der Waals surface area contributed by atoms with Crippen molar-refractivity contribution < 1.29 is 26.7 Å². The number of amides is 1. The Kier molecular flexibility index (Phi) is 7.40. The quantitative estimate of drug-likeness (QED) is 0.505. The molecule has 36 heavy (non-hydrogen) atoms. The van der Waals surface area contributed by atoms with Crippen LogP contribution in [0.3, 0.4) is 0 Å². The fourth-order valence-electron chi connectivity index (χ4n) is 4.67. The summed E-state index contributed by atoms with van der Waals surface area (Å²) in [6.45, 7) is 3.05. The van der Waals surface area contributed by atoms with Crippen LogP contribution in [0.15, 0.2) is 35.3 Å². The number of aromatic nitrogens is 1. The van der Waals surface area contributed by atoms with Crippen molar-refractivity contribution in [1.82, 2.24) is 14.8 Å². The lowest BCUT2D eigenvalue weighted by Crippen LogP contribution is -2.40. The second-order valence-electron chi connectivity index (χ2n) is 9.68. The Balaban J connectivity index is 1.66. The lowest BCUT2D eigenvalue weighted by Gasteiger charge is -2.31. The third-order valence-electron chi connectivity index (χ3n) is 7.13. The number of hydrogen-bond acceptors (Lipinski definition) is 4. The van der Waals surface area contributed by atoms with Gasteiger partial charge in [-0.1, -0.05) is 18.2 Å². The number of anilines is 1. The highest BCUT2D eigenvalue weighted by atomic mass is 19.3. The number of alkyl halides is 4. The Hall–Kier alpha value is -2.95. The topological polar surface area (TPSA) is 66.4 Å². The molecule has 2 aromatic rings. The summed E-state index contributed by atoms with van der Waals surface area (Å²) < 4.78 is 69.4. The van der Waals surface area contributed by atoms with Crippen molar-refractivity contribution in [3.8, 4) is 0 Å². The van der Waals surface area contributed by atoms with Crippen LogP contribution in [0.2, 0.25) is 0 Å². The van der Waals surface area contributed by atoms with E-state index in [2.05, 4.69) is 15.5 Å². The van der Waals surface area contributed by atoms with Crippen LogP contribution in [-0.2, 0) is 5.54 Å². The molecule has 196 valence electrons. The third kappa shape index (κ3) is 5.11. The minimum atomic E-state index is -3.02. The molecule has 1 aliphatic heterocycles. The van der Waals surface area contributed by atoms with Gasteiger partial charge < -0.3 is 20.1 Å². The summed E-state index contributed by atoms with van der Waals surface area (Å²) in [5.41, 5.74) is -3.06. The molecule has 0 radical (unpaired) electrons. The van der Waals surface area contributed by atoms with E-state index in [9.17, 15) is 31.5 Å². The number of carbonyl (C=O) groups excluding carboxylic acids is 1. The van der Waals surface area contributed by atoms with Gasteiger partial charge in [0.25, 0.3) is 24.3 Å². The number of pyridine rings is 1. The van der Waals surface area contributed by atoms with Gasteiger partial charge in [0.2, 0.25) is 0 Å². The van der Waals surface area contributed by atoms with Gasteiger partial charge in [-0.25, -0.2) is 22.0 Å². The van der Waals surface area contributed by atoms with Gasteiger partial charge in [0.05, 0.1) is 22.9 Å². The van der Waals surface area contributed by atoms with E-state index in [1.54, 1.807) is 0 Å². The molecule has 1 amide bonds. The summed E-state index contributed by atoms with van der Waals surface area (Å²) in [5, 5.41) is 5.78. The van der Waals surface area contributed by atoms with Gasteiger partial charge in [0.1, 0.15) is 11.4 Å². The van der Waals surface area contributed by atoms with Crippen LogP contribution in [0.25, 0.3) is 0 Å². The zero-order valence-corrected chi connectivity index (χ0v) is 20.0. The van der Waals surface area contributed by atoms with E-state index in [0.717, 1.165) is 48.8 Å². The van der Waals surface area contributed by atoms with Crippen molar-refractivity contribution in [3.63, 3.8) is 0 Å². The molecule has 11 heteroatoms. The second-order valence-corrected chi connectivity index (χ2v) is 9.68. The first kappa shape index (κ1) is 26.1. The average Bonchev–Trinajstić information content (AvgIpc) is 3.62. The Bertz CT molecular complexity index is 1170. The Morgan fingerprint density at radius 1 is 1.11 bits per heavy atom. The lowest BCUT2D eigenvalue weighted by molar-refractivity contribution is 0.0648. The molecule has 2 fully saturated rings. The molecule has 2 aliphatic rings. The molecule has 1 atom stereocenters. The lowest BCUT2D eigenvalue weighted by atomic mass is 10.0. The molecule has 1 aromatic carbocycles. The molecule has 0 bridgehead atoms. The van der Waals surface area contributed by atoms with E-state index >= 15 is 0 Å². The molecule has 1 aromatic heterocycles. The SMILES string of the molecule is CC(NC(=O)c1cn(C2(C(F)F)CC2)c(=O)cc1NC1CCN(C)CC1)c1cccc(C(F)F)c1F. The van der Waals surface area contributed by atoms with Gasteiger partial charge in [0, 0.05) is 23.9 Å². The molecule has 1 saturated carbocycles. The zero-order chi connectivity index (χ0) is 26.2. The summed E-state index contributed by atoms with van der Waals surface area (Å²) >= 11 is 0. The summed E-state index contributed by atoms with van der Waals surface area (Å²) in [7, 11) is 1.99. The van der Waals surface area contributed by atoms with E-state index in [1.165, 1.54) is 19.1 Å². The van der Waals surface area contributed by atoms with Crippen LogP contribution >= 0.6 is 0 Å². The highest BCUT2D eigenvalue weighted by molar-refractivity contribution is 5.99. The van der Waals surface area contributed by atoms with Crippen molar-refractivity contribution in [1.29, 1.82) is 0 Å². The average molecular weight is 513 g/mol. The van der Waals surface area contributed by atoms with Gasteiger partial charge in [-0.2, -0.15) is 0 Å². The molecular weight excluding hydrogens is 483 g/mol. The van der Waals surface area contributed by atoms with E-state index in [4.69, 9.17) is 0 Å². The molecule has 0 spiro atoms. The van der Waals surface area contributed by atoms with Crippen molar-refractivity contribution in [3.05, 3.63) is 63.3 Å². The van der Waals surface area contributed by atoms with E-state index in [0.29, 0.717) is 0 Å². The Labute approximate surface area is 205 Å². The predicted molar refractivity (Wildman–Crippen MR) is 125 cm³/mol. The zero-order valence-electron chi connectivity index (χ0n) is 20.0. The number of carbonyl (C=O) groups is 1. The summed E-state index contributed by atoms with van der Waals surface area (Å²) in [4.78, 5) is 28.3. The van der Waals surface area contributed by atoms with Gasteiger partial charge in [-0.15, -0.1) is 0 Å². The number of nitrogens with one attached hydrogen (secondary N) is 2. The predicted octanol–water partition coefficient (Wildman–Crippen LogP) is 4.68. The minimum absolute atomic E-state index is 0.0365. The van der Waals surface area contributed by atoms with Crippen molar-refractivity contribution >= 4 is 11.6 Å². The number of nitrogens with zero attached hydrogens (tertiary/aromatic N) is 2. The van der Waals surface area contributed by atoms with E-state index in [1.807, 2.05) is 7.05 Å². The second kappa shape index (κ2) is 10.2. The molecule has 2 heterocycles. The van der Waals surface area contributed by atoms with Crippen LogP contribution in [0.5, 0.6) is 0 Å². The molecule has 1 saturated heterocycles. The first-order valence-electron chi connectivity index (χ1n) is 11.9. The number of benzene rings is 1. The minimum Gasteiger partial charge on any atom is -0.381 e. The standard InChI is InChI=1S/C25H29F5N4O2/c1-14(16-4-3-5-17(21(16)26)22(27)28)31-23(36)18-13-34(25(8-9-25)24(29)30)20(35)12-19(18)32-15-6-10-33(2)11-7-15/h3-5,12-15,22,24,32H,6-11H2,1-2H3,(H,31,36). The number of halogens is 5. The Morgan fingerprint density at radius 3 is 2.33 bits per heavy atom. The highest BCUT2D eigenvalue weighted by Gasteiger charge is 2.53. The first-order chi connectivity index (χ1) is 17.0. The van der Waals surface area contributed by atoms with Crippen LogP contribution in [0.4, 0.5) is 27.6 Å². The molecule has 2 N–H and O–H groups in total. The van der Waals surface area contributed by atoms with Gasteiger partial charge >= 0.3 is 0 Å². The normalized spacial score (nSPS) is 18.9. The van der Waals surface area contributed by atoms with Crippen LogP contribution in [0.1, 0.15) is 66.6 Å². The first-order valence-corrected chi connectivity index (χ1v) is 11.9. The third-order valence-corrected chi connectivity index (χ3v) is 7.13. The maximum Gasteiger partial charge on any atom is 0.266 e. The largest absolute Gasteiger partial charge is 0.381 e. The molecule has 1 aliphatic carbocycles. The number of likely N-dealkylation sites (tertiary alicyclic amines) is 1. The van der Waals surface area contributed by atoms with Gasteiger partial charge in [0.15, 0.2) is 0 Å². The van der Waals surface area contributed by atoms with Crippen molar-refractivity contribution in [2.75, 3.05) is 25.5 Å². The van der Waals surface area contributed by atoms with Crippen LogP contribution in [-0.4, -0.2) is 48.0 Å². The molecule has 6 nitrogen and oxygen atoms in total. The van der Waals surface area contributed by atoms with Gasteiger partial charge in [-0.3, -0.25) is 9.59 Å². The fourth-order valence-corrected chi connectivity index (χ4v) is 4.67. The maximum atomic E-state index is 14.6. The van der Waals surface area contributed by atoms with Crippen LogP contribution in [0, 0.1) is 5.82 Å². The monoisotopic (exact) mass is 512 g/mol. The summed E-state index contributed by atoms with van der Waals surface area (Å²) in [6, 6.07) is 3.65. The van der Waals surface area contributed by atoms with Crippen molar-refractivity contribution in [2.24, 2.45) is 0 Å². The van der Waals surface area contributed by atoms with Gasteiger partial charge in [-0.05, 0) is 52.7 Å². The number of rotatable bonds is 8. The fraction of sp³-hybridized carbons (Fsp3) is 0.520. The number of piperidine rings is 1. The van der Waals surface area contributed by atoms with E-state index < -0.39 is 47.3 Å². The highest BCUT2D eigenvalue weighted by Crippen LogP contribution is 2.48. The molecule has 1 unspecified atom stereocenters. The summed E-state index contributed by atoms with van der Waals surface area (Å²) in [5.74, 6) is -1.86. The molecule has 4 rings (SSSR count). The van der Waals surface area contributed by atoms with Crippen LogP contribution < -0.4 is 16.2 Å². The summed E-state index contributed by atoms with van der Waals surface area (Å²) in [6.07, 6.45) is -2.96. The molecular formula is C25H29F5N4O2. The maximum absolute atomic E-state index is 14.6. The Morgan fingerprint density at radius 2 is 1.75 bits per heavy atom. The van der Waals surface area contributed by atoms with E-state index in [-0.39, 0.29) is 35.7 Å². The van der Waals surface area contributed by atoms with Crippen molar-refractivity contribution in [2.45, 2.75) is 63.1 Å². The number of hydrogen-bond donors (Lipinski definition) is 2. The smallest absolute Gasteiger partial charge is 0.266 e.